The monoisotopic (exact) mass is 277 g/mol. The zero-order chi connectivity index (χ0) is 13.7. The Kier molecular flexibility index (Phi) is 5.28. The molecule has 2 atom stereocenters. The molecule has 19 heavy (non-hydrogen) atoms. The van der Waals surface area contributed by atoms with Crippen LogP contribution in [0.25, 0.3) is 0 Å². The highest BCUT2D eigenvalue weighted by Gasteiger charge is 2.29. The first-order valence-corrected chi connectivity index (χ1v) is 7.52. The maximum Gasteiger partial charge on any atom is 0.0855 e. The Hall–Kier alpha value is -1.00. The minimum atomic E-state index is 0.498. The number of nitrogens with zero attached hydrogens (tertiary/aromatic N) is 2. The first-order chi connectivity index (χ1) is 9.24. The molecule has 0 amide bonds. The summed E-state index contributed by atoms with van der Waals surface area (Å²) in [4.78, 5) is 7.33. The quantitative estimate of drug-likeness (QED) is 0.859. The van der Waals surface area contributed by atoms with Gasteiger partial charge >= 0.3 is 0 Å². The molecule has 1 aliphatic carbocycles. The second kappa shape index (κ2) is 6.96. The van der Waals surface area contributed by atoms with Gasteiger partial charge in [0.05, 0.1) is 16.9 Å². The Bertz CT molecular complexity index is 405. The van der Waals surface area contributed by atoms with Gasteiger partial charge in [-0.3, -0.25) is 4.98 Å². The zero-order valence-electron chi connectivity index (χ0n) is 11.6. The van der Waals surface area contributed by atoms with Crippen LogP contribution < -0.4 is 10.6 Å². The van der Waals surface area contributed by atoms with Gasteiger partial charge < -0.3 is 10.6 Å². The maximum atomic E-state index is 5.74. The van der Waals surface area contributed by atoms with E-state index in [1.54, 1.807) is 6.20 Å². The van der Waals surface area contributed by atoms with Crippen molar-refractivity contribution in [1.29, 1.82) is 0 Å². The highest BCUT2D eigenvalue weighted by Crippen LogP contribution is 2.34. The summed E-state index contributed by atoms with van der Waals surface area (Å²) in [5.74, 6) is 1.16. The average Bonchev–Trinajstić information content (AvgIpc) is 2.47. The fourth-order valence-electron chi connectivity index (χ4n) is 3.02. The normalized spacial score (nSPS) is 23.1. The van der Waals surface area contributed by atoms with Gasteiger partial charge in [0.25, 0.3) is 0 Å². The summed E-state index contributed by atoms with van der Waals surface area (Å²) in [6.45, 7) is 0.764. The van der Waals surface area contributed by atoms with E-state index in [0.29, 0.717) is 11.8 Å². The molecule has 1 heterocycles. The van der Waals surface area contributed by atoms with Gasteiger partial charge in [-0.1, -0.05) is 25.1 Å². The first-order valence-electron chi connectivity index (χ1n) is 7.11. The van der Waals surface area contributed by atoms with Crippen molar-refractivity contribution >= 4 is 22.9 Å². The summed E-state index contributed by atoms with van der Waals surface area (Å²) in [6, 6.07) is 4.01. The molecule has 1 aromatic rings. The lowest BCUT2D eigenvalue weighted by Gasteiger charge is -2.35. The van der Waals surface area contributed by atoms with E-state index in [-0.39, 0.29) is 0 Å². The second-order valence-corrected chi connectivity index (χ2v) is 5.76. The molecule has 0 bridgehead atoms. The van der Waals surface area contributed by atoms with E-state index < -0.39 is 0 Å². The highest BCUT2D eigenvalue weighted by atomic mass is 32.1. The zero-order valence-corrected chi connectivity index (χ0v) is 12.4. The number of nitrogens with two attached hydrogens (primary N) is 1. The number of rotatable bonds is 4. The van der Waals surface area contributed by atoms with Gasteiger partial charge in [-0.05, 0) is 43.9 Å². The van der Waals surface area contributed by atoms with Crippen molar-refractivity contribution in [3.8, 4) is 0 Å². The third kappa shape index (κ3) is 3.51. The van der Waals surface area contributed by atoms with Gasteiger partial charge in [-0.2, -0.15) is 0 Å². The molecule has 2 rings (SSSR count). The molecule has 0 radical (unpaired) electrons. The third-order valence-corrected chi connectivity index (χ3v) is 4.70. The van der Waals surface area contributed by atoms with Crippen LogP contribution in [0.4, 0.5) is 5.69 Å². The number of hydrogen-bond donors (Lipinski definition) is 1. The average molecular weight is 277 g/mol. The number of pyridine rings is 1. The largest absolute Gasteiger partial charge is 0.338 e. The molecule has 0 unspecified atom stereocenters. The van der Waals surface area contributed by atoms with Gasteiger partial charge in [0.2, 0.25) is 0 Å². The molecule has 3 nitrogen and oxygen atoms in total. The van der Waals surface area contributed by atoms with Gasteiger partial charge in [-0.15, -0.1) is 0 Å². The Morgan fingerprint density at radius 2 is 2.26 bits per heavy atom. The van der Waals surface area contributed by atoms with Crippen LogP contribution in [0.15, 0.2) is 24.5 Å². The van der Waals surface area contributed by atoms with E-state index in [4.69, 9.17) is 18.0 Å². The predicted molar refractivity (Wildman–Crippen MR) is 84.4 cm³/mol. The smallest absolute Gasteiger partial charge is 0.0855 e. The van der Waals surface area contributed by atoms with Crippen molar-refractivity contribution in [2.75, 3.05) is 18.5 Å². The lowest BCUT2D eigenvalue weighted by atomic mass is 9.77. The second-order valence-electron chi connectivity index (χ2n) is 5.34. The molecule has 1 saturated carbocycles. The topological polar surface area (TPSA) is 42.1 Å². The molecular weight excluding hydrogens is 254 g/mol. The van der Waals surface area contributed by atoms with Crippen LogP contribution in [-0.4, -0.2) is 23.6 Å². The summed E-state index contributed by atoms with van der Waals surface area (Å²) >= 11 is 5.73. The lowest BCUT2D eigenvalue weighted by molar-refractivity contribution is 0.288. The molecule has 0 spiro atoms. The molecule has 1 aromatic heterocycles. The van der Waals surface area contributed by atoms with E-state index in [1.807, 2.05) is 19.3 Å². The fraction of sp³-hybridized carbons (Fsp3) is 0.600. The lowest BCUT2D eigenvalue weighted by Crippen LogP contribution is -2.37. The van der Waals surface area contributed by atoms with Crippen LogP contribution in [0.1, 0.15) is 32.1 Å². The van der Waals surface area contributed by atoms with Gasteiger partial charge in [-0.25, -0.2) is 0 Å². The highest BCUT2D eigenvalue weighted by molar-refractivity contribution is 7.80. The van der Waals surface area contributed by atoms with Crippen molar-refractivity contribution in [3.63, 3.8) is 0 Å². The van der Waals surface area contributed by atoms with Crippen LogP contribution in [0.2, 0.25) is 0 Å². The first kappa shape index (κ1) is 14.4. The number of aromatic nitrogens is 1. The van der Waals surface area contributed by atoms with Gasteiger partial charge in [0.15, 0.2) is 0 Å². The van der Waals surface area contributed by atoms with Crippen molar-refractivity contribution < 1.29 is 0 Å². The summed E-state index contributed by atoms with van der Waals surface area (Å²) in [7, 11) is 2.05. The van der Waals surface area contributed by atoms with Crippen LogP contribution in [0, 0.1) is 11.8 Å². The molecule has 1 fully saturated rings. The third-order valence-electron chi connectivity index (χ3n) is 4.13. The van der Waals surface area contributed by atoms with Crippen molar-refractivity contribution in [2.45, 2.75) is 32.1 Å². The van der Waals surface area contributed by atoms with Crippen molar-refractivity contribution in [2.24, 2.45) is 17.6 Å². The Balaban J connectivity index is 2.08. The summed E-state index contributed by atoms with van der Waals surface area (Å²) < 4.78 is 0. The van der Waals surface area contributed by atoms with E-state index >= 15 is 0 Å². The van der Waals surface area contributed by atoms with E-state index in [2.05, 4.69) is 16.0 Å². The van der Waals surface area contributed by atoms with Crippen LogP contribution in [0.3, 0.4) is 0 Å². The van der Waals surface area contributed by atoms with Crippen LogP contribution in [-0.2, 0) is 0 Å². The number of hydrogen-bond acceptors (Lipinski definition) is 3. The molecule has 2 N–H and O–H groups in total. The Morgan fingerprint density at radius 1 is 1.47 bits per heavy atom. The minimum Gasteiger partial charge on any atom is -0.338 e. The van der Waals surface area contributed by atoms with Crippen molar-refractivity contribution in [3.05, 3.63) is 24.5 Å². The summed E-state index contributed by atoms with van der Waals surface area (Å²) in [5.41, 5.74) is 6.82. The van der Waals surface area contributed by atoms with Gasteiger partial charge in [0, 0.05) is 19.2 Å². The summed E-state index contributed by atoms with van der Waals surface area (Å²) in [6.07, 6.45) is 9.82. The van der Waals surface area contributed by atoms with Crippen LogP contribution >= 0.6 is 12.2 Å². The van der Waals surface area contributed by atoms with E-state index in [0.717, 1.165) is 23.6 Å². The molecule has 0 saturated heterocycles. The minimum absolute atomic E-state index is 0.498. The van der Waals surface area contributed by atoms with Crippen LogP contribution in [0.5, 0.6) is 0 Å². The Morgan fingerprint density at radius 3 is 2.95 bits per heavy atom. The molecule has 104 valence electrons. The molecule has 0 aliphatic heterocycles. The maximum absolute atomic E-state index is 5.74. The fourth-order valence-corrected chi connectivity index (χ4v) is 3.44. The molecular formula is C15H23N3S. The summed E-state index contributed by atoms with van der Waals surface area (Å²) in [5, 5.41) is 0. The van der Waals surface area contributed by atoms with Gasteiger partial charge in [0.1, 0.15) is 0 Å². The number of anilines is 1. The standard InChI is InChI=1S/C15H23N3S/c1-18(13-6-4-10-17-11-13)15(19)14-7-3-2-5-12(14)8-9-16/h4,6,10-12,14H,2-3,5,7-9,16H2,1H3/t12-,14+/m0/s1. The molecule has 0 aromatic carbocycles. The van der Waals surface area contributed by atoms with E-state index in [9.17, 15) is 0 Å². The number of thiocarbonyl (C=S) groups is 1. The SMILES string of the molecule is CN(C(=S)[C@@H]1CCCC[C@H]1CCN)c1cccnc1. The molecule has 4 heteroatoms. The predicted octanol–water partition coefficient (Wildman–Crippen LogP) is 3.00. The van der Waals surface area contributed by atoms with Crippen molar-refractivity contribution in [1.82, 2.24) is 4.98 Å². The molecule has 1 aliphatic rings. The Labute approximate surface area is 121 Å². The van der Waals surface area contributed by atoms with E-state index in [1.165, 1.54) is 25.7 Å².